The first-order valence-electron chi connectivity index (χ1n) is 10.1. The van der Waals surface area contributed by atoms with Crippen molar-refractivity contribution in [2.24, 2.45) is 5.92 Å². The summed E-state index contributed by atoms with van der Waals surface area (Å²) in [7, 11) is 0. The molecule has 0 fully saturated rings. The second-order valence-electron chi connectivity index (χ2n) is 7.00. The molecule has 1 aliphatic heterocycles. The molecule has 1 N–H and O–H groups in total. The lowest BCUT2D eigenvalue weighted by Gasteiger charge is -2.15. The first kappa shape index (κ1) is 20.1. The van der Waals surface area contributed by atoms with Crippen LogP contribution < -0.4 is 5.32 Å². The van der Waals surface area contributed by atoms with E-state index in [4.69, 9.17) is 4.74 Å². The van der Waals surface area contributed by atoms with Crippen LogP contribution in [0.5, 0.6) is 0 Å². The molecule has 23 heavy (non-hydrogen) atoms. The quantitative estimate of drug-likeness (QED) is 0.327. The lowest BCUT2D eigenvalue weighted by molar-refractivity contribution is 0.254. The van der Waals surface area contributed by atoms with Crippen LogP contribution in [0.1, 0.15) is 104 Å². The Morgan fingerprint density at radius 2 is 1.39 bits per heavy atom. The van der Waals surface area contributed by atoms with Crippen LogP contribution in [0.25, 0.3) is 0 Å². The maximum absolute atomic E-state index is 5.63. The second-order valence-corrected chi connectivity index (χ2v) is 7.00. The van der Waals surface area contributed by atoms with Crippen molar-refractivity contribution in [2.75, 3.05) is 0 Å². The molecule has 0 aromatic rings. The van der Waals surface area contributed by atoms with Crippen molar-refractivity contribution in [2.45, 2.75) is 104 Å². The minimum absolute atomic E-state index is 0.560. The van der Waals surface area contributed by atoms with Crippen molar-refractivity contribution in [1.29, 1.82) is 0 Å². The van der Waals surface area contributed by atoms with Gasteiger partial charge in [-0.05, 0) is 19.4 Å². The van der Waals surface area contributed by atoms with Crippen LogP contribution >= 0.6 is 0 Å². The smallest absolute Gasteiger partial charge is 0.189 e. The third-order valence-electron chi connectivity index (χ3n) is 4.92. The molecule has 134 valence electrons. The summed E-state index contributed by atoms with van der Waals surface area (Å²) in [4.78, 5) is 0. The predicted octanol–water partition coefficient (Wildman–Crippen LogP) is 7.04. The molecule has 1 atom stereocenters. The molecule has 0 bridgehead atoms. The number of hydrogen-bond donors (Lipinski definition) is 1. The highest BCUT2D eigenvalue weighted by Gasteiger charge is 2.18. The van der Waals surface area contributed by atoms with Gasteiger partial charge in [-0.25, -0.2) is 0 Å². The Bertz CT molecular complexity index is 335. The number of hydrogen-bond acceptors (Lipinski definition) is 2. The molecule has 0 saturated carbocycles. The lowest BCUT2D eigenvalue weighted by Crippen LogP contribution is -2.03. The van der Waals surface area contributed by atoms with E-state index in [0.29, 0.717) is 11.8 Å². The standard InChI is InChI=1S/C21H39NO/c1-4-6-7-8-9-10-11-12-13-14-15-16-17-20(5-2)21-18-22-19(3)23-21/h18,20,22H,3-17H2,1-2H3. The van der Waals surface area contributed by atoms with E-state index >= 15 is 0 Å². The molecule has 1 unspecified atom stereocenters. The van der Waals surface area contributed by atoms with E-state index in [0.717, 1.165) is 12.2 Å². The SMILES string of the molecule is C=C1NC=C(C(CC)CCCCCCCCCCCCCC)O1. The molecular formula is C21H39NO. The first-order valence-corrected chi connectivity index (χ1v) is 10.1. The number of nitrogens with one attached hydrogen (secondary N) is 1. The van der Waals surface area contributed by atoms with Crippen LogP contribution in [-0.2, 0) is 4.74 Å². The van der Waals surface area contributed by atoms with E-state index in [9.17, 15) is 0 Å². The summed E-state index contributed by atoms with van der Waals surface area (Å²) in [6, 6.07) is 0. The van der Waals surface area contributed by atoms with Gasteiger partial charge in [-0.2, -0.15) is 0 Å². The zero-order chi connectivity index (χ0) is 16.8. The molecule has 0 aromatic heterocycles. The molecule has 2 nitrogen and oxygen atoms in total. The van der Waals surface area contributed by atoms with Gasteiger partial charge in [0.1, 0.15) is 5.76 Å². The van der Waals surface area contributed by atoms with Gasteiger partial charge in [-0.3, -0.25) is 0 Å². The monoisotopic (exact) mass is 321 g/mol. The molecule has 1 heterocycles. The van der Waals surface area contributed by atoms with E-state index in [2.05, 4.69) is 25.7 Å². The van der Waals surface area contributed by atoms with Gasteiger partial charge >= 0.3 is 0 Å². The fourth-order valence-corrected chi connectivity index (χ4v) is 3.33. The Kier molecular flexibility index (Phi) is 11.8. The van der Waals surface area contributed by atoms with Crippen LogP contribution in [0.15, 0.2) is 24.4 Å². The Hall–Kier alpha value is -0.920. The minimum Gasteiger partial charge on any atom is -0.444 e. The normalized spacial score (nSPS) is 15.2. The number of rotatable bonds is 15. The zero-order valence-corrected chi connectivity index (χ0v) is 15.7. The molecule has 0 aromatic carbocycles. The zero-order valence-electron chi connectivity index (χ0n) is 15.7. The van der Waals surface area contributed by atoms with Crippen molar-refractivity contribution in [3.63, 3.8) is 0 Å². The number of ether oxygens (including phenoxy) is 1. The molecule has 0 radical (unpaired) electrons. The van der Waals surface area contributed by atoms with Gasteiger partial charge in [0.15, 0.2) is 5.88 Å². The summed E-state index contributed by atoms with van der Waals surface area (Å²) < 4.78 is 5.63. The topological polar surface area (TPSA) is 21.3 Å². The summed E-state index contributed by atoms with van der Waals surface area (Å²) in [6.07, 6.45) is 21.3. The third kappa shape index (κ3) is 9.73. The van der Waals surface area contributed by atoms with Crippen LogP contribution in [0.3, 0.4) is 0 Å². The van der Waals surface area contributed by atoms with E-state index in [1.54, 1.807) is 0 Å². The Balaban J connectivity index is 1.88. The highest BCUT2D eigenvalue weighted by molar-refractivity contribution is 5.10. The molecule has 2 heteroatoms. The summed E-state index contributed by atoms with van der Waals surface area (Å²) in [5.41, 5.74) is 0. The van der Waals surface area contributed by atoms with Gasteiger partial charge in [0.25, 0.3) is 0 Å². The highest BCUT2D eigenvalue weighted by Crippen LogP contribution is 2.27. The summed E-state index contributed by atoms with van der Waals surface area (Å²) in [6.45, 7) is 8.33. The average molecular weight is 322 g/mol. The van der Waals surface area contributed by atoms with Crippen LogP contribution in [-0.4, -0.2) is 0 Å². The number of unbranched alkanes of at least 4 members (excludes halogenated alkanes) is 11. The first-order chi connectivity index (χ1) is 11.3. The third-order valence-corrected chi connectivity index (χ3v) is 4.92. The van der Waals surface area contributed by atoms with Gasteiger partial charge in [-0.15, -0.1) is 0 Å². The largest absolute Gasteiger partial charge is 0.444 e. The number of allylic oxidation sites excluding steroid dienone is 1. The van der Waals surface area contributed by atoms with Crippen LogP contribution in [0.4, 0.5) is 0 Å². The van der Waals surface area contributed by atoms with Crippen LogP contribution in [0, 0.1) is 5.92 Å². The van der Waals surface area contributed by atoms with Crippen molar-refractivity contribution in [3.05, 3.63) is 24.4 Å². The fourth-order valence-electron chi connectivity index (χ4n) is 3.33. The van der Waals surface area contributed by atoms with Gasteiger partial charge in [0, 0.05) is 12.1 Å². The summed E-state index contributed by atoms with van der Waals surface area (Å²) >= 11 is 0. The molecule has 0 aliphatic carbocycles. The van der Waals surface area contributed by atoms with Crippen molar-refractivity contribution >= 4 is 0 Å². The van der Waals surface area contributed by atoms with Crippen molar-refractivity contribution < 1.29 is 4.74 Å². The summed E-state index contributed by atoms with van der Waals surface area (Å²) in [5.74, 6) is 2.32. The molecular weight excluding hydrogens is 282 g/mol. The molecule has 1 aliphatic rings. The Morgan fingerprint density at radius 3 is 1.83 bits per heavy atom. The Labute approximate surface area is 144 Å². The van der Waals surface area contributed by atoms with E-state index in [-0.39, 0.29) is 0 Å². The van der Waals surface area contributed by atoms with E-state index in [1.807, 2.05) is 6.20 Å². The summed E-state index contributed by atoms with van der Waals surface area (Å²) in [5, 5.41) is 3.05. The molecule has 1 rings (SSSR count). The van der Waals surface area contributed by atoms with Gasteiger partial charge in [0.05, 0.1) is 0 Å². The molecule has 0 spiro atoms. The Morgan fingerprint density at radius 1 is 0.870 bits per heavy atom. The molecule has 0 saturated heterocycles. The molecule has 0 amide bonds. The lowest BCUT2D eigenvalue weighted by atomic mass is 9.96. The van der Waals surface area contributed by atoms with E-state index in [1.165, 1.54) is 83.5 Å². The fraction of sp³-hybridized carbons (Fsp3) is 0.810. The van der Waals surface area contributed by atoms with Crippen molar-refractivity contribution in [3.8, 4) is 0 Å². The highest BCUT2D eigenvalue weighted by atomic mass is 16.5. The maximum atomic E-state index is 5.63. The average Bonchev–Trinajstić information content (AvgIpc) is 2.98. The van der Waals surface area contributed by atoms with Gasteiger partial charge < -0.3 is 10.1 Å². The van der Waals surface area contributed by atoms with Crippen molar-refractivity contribution in [1.82, 2.24) is 5.32 Å². The minimum atomic E-state index is 0.560. The van der Waals surface area contributed by atoms with E-state index < -0.39 is 0 Å². The van der Waals surface area contributed by atoms with Gasteiger partial charge in [-0.1, -0.05) is 90.9 Å². The van der Waals surface area contributed by atoms with Gasteiger partial charge in [0.2, 0.25) is 0 Å². The maximum Gasteiger partial charge on any atom is 0.189 e. The van der Waals surface area contributed by atoms with Crippen LogP contribution in [0.2, 0.25) is 0 Å². The predicted molar refractivity (Wildman–Crippen MR) is 101 cm³/mol. The second kappa shape index (κ2) is 13.5.